The maximum atomic E-state index is 9.52. The molecule has 0 aromatic rings. The summed E-state index contributed by atoms with van der Waals surface area (Å²) in [6.07, 6.45) is 0.489. The molecule has 0 aromatic carbocycles. The van der Waals surface area contributed by atoms with Gasteiger partial charge < -0.3 is 14.2 Å². The zero-order chi connectivity index (χ0) is 13.3. The third-order valence-corrected chi connectivity index (χ3v) is 2.95. The van der Waals surface area contributed by atoms with E-state index in [2.05, 4.69) is 0 Å². The zero-order valence-corrected chi connectivity index (χ0v) is 12.8. The maximum Gasteiger partial charge on any atom is 0.335 e. The molecule has 0 spiro atoms. The molecule has 3 unspecified atom stereocenters. The highest BCUT2D eigenvalue weighted by Crippen LogP contribution is 2.41. The van der Waals surface area contributed by atoms with E-state index in [-0.39, 0.29) is 10.8 Å². The summed E-state index contributed by atoms with van der Waals surface area (Å²) in [5.41, 5.74) is 0. The summed E-state index contributed by atoms with van der Waals surface area (Å²) in [6.45, 7) is 6.19. The van der Waals surface area contributed by atoms with Gasteiger partial charge >= 0.3 is 8.60 Å². The van der Waals surface area contributed by atoms with Crippen molar-refractivity contribution in [3.8, 4) is 0 Å². The van der Waals surface area contributed by atoms with E-state index in [0.717, 1.165) is 6.42 Å². The summed E-state index contributed by atoms with van der Waals surface area (Å²) in [5.74, 6) is 0. The molecule has 7 heteroatoms. The van der Waals surface area contributed by atoms with Gasteiger partial charge in [0.2, 0.25) is 0 Å². The highest BCUT2D eigenvalue weighted by molar-refractivity contribution is 7.41. The second kappa shape index (κ2) is 10.7. The molecular weight excluding hydrogens is 286 g/mol. The lowest BCUT2D eigenvalue weighted by molar-refractivity contribution is -0.0393. The Hall–Kier alpha value is 0.850. The van der Waals surface area contributed by atoms with E-state index >= 15 is 0 Å². The molecule has 3 atom stereocenters. The summed E-state index contributed by atoms with van der Waals surface area (Å²) in [6, 6.07) is 0. The largest absolute Gasteiger partial charge is 0.368 e. The molecule has 0 aromatic heterocycles. The van der Waals surface area contributed by atoms with E-state index in [0.29, 0.717) is 19.6 Å². The van der Waals surface area contributed by atoms with Crippen molar-refractivity contribution < 1.29 is 18.7 Å². The molecular formula is C10H21Cl2O4P. The van der Waals surface area contributed by atoms with Crippen molar-refractivity contribution >= 4 is 31.8 Å². The van der Waals surface area contributed by atoms with Gasteiger partial charge in [0.25, 0.3) is 0 Å². The van der Waals surface area contributed by atoms with Crippen LogP contribution in [-0.2, 0) is 13.6 Å². The van der Waals surface area contributed by atoms with Crippen molar-refractivity contribution in [2.24, 2.45) is 0 Å². The highest BCUT2D eigenvalue weighted by atomic mass is 35.5. The van der Waals surface area contributed by atoms with E-state index in [9.17, 15) is 5.11 Å². The maximum absolute atomic E-state index is 9.52. The Balaban J connectivity index is 4.00. The summed E-state index contributed by atoms with van der Waals surface area (Å²) < 4.78 is 15.9. The van der Waals surface area contributed by atoms with Gasteiger partial charge in [-0.2, -0.15) is 0 Å². The van der Waals surface area contributed by atoms with E-state index in [1.54, 1.807) is 0 Å². The van der Waals surface area contributed by atoms with E-state index in [1.807, 2.05) is 20.8 Å². The predicted octanol–water partition coefficient (Wildman–Crippen LogP) is 3.64. The minimum atomic E-state index is -1.60. The first-order valence-corrected chi connectivity index (χ1v) is 7.61. The van der Waals surface area contributed by atoms with E-state index < -0.39 is 14.9 Å². The minimum Gasteiger partial charge on any atom is -0.368 e. The van der Waals surface area contributed by atoms with Crippen LogP contribution in [0.5, 0.6) is 0 Å². The second-order valence-corrected chi connectivity index (χ2v) is 6.39. The molecule has 0 fully saturated rings. The first-order valence-electron chi connectivity index (χ1n) is 5.64. The number of halogens is 2. The molecule has 0 heterocycles. The fourth-order valence-electron chi connectivity index (χ4n) is 0.824. The lowest BCUT2D eigenvalue weighted by atomic mass is 10.3. The fraction of sp³-hybridized carbons (Fsp3) is 1.00. The van der Waals surface area contributed by atoms with Gasteiger partial charge in [0.05, 0.1) is 24.0 Å². The third-order valence-electron chi connectivity index (χ3n) is 1.56. The van der Waals surface area contributed by atoms with Crippen molar-refractivity contribution in [1.82, 2.24) is 0 Å². The standard InChI is InChI=1S/C10H21Cl2O4P/c1-4-5-10(13)16-17(14-6-8(2)11)15-7-9(3)12/h8-10,13H,4-7H2,1-3H3. The van der Waals surface area contributed by atoms with Crippen molar-refractivity contribution in [3.63, 3.8) is 0 Å². The molecule has 0 radical (unpaired) electrons. The van der Waals surface area contributed by atoms with Gasteiger partial charge in [-0.3, -0.25) is 4.52 Å². The SMILES string of the molecule is CCCC(O)OP(OCC(C)Cl)OCC(C)Cl. The van der Waals surface area contributed by atoms with Gasteiger partial charge in [-0.05, 0) is 20.3 Å². The van der Waals surface area contributed by atoms with Gasteiger partial charge in [-0.1, -0.05) is 13.3 Å². The molecule has 0 aliphatic rings. The first-order chi connectivity index (χ1) is 7.95. The Labute approximate surface area is 115 Å². The number of aliphatic hydroxyl groups excluding tert-OH is 1. The molecule has 17 heavy (non-hydrogen) atoms. The van der Waals surface area contributed by atoms with Crippen LogP contribution in [-0.4, -0.2) is 35.4 Å². The zero-order valence-electron chi connectivity index (χ0n) is 10.4. The van der Waals surface area contributed by atoms with Crippen LogP contribution in [0.3, 0.4) is 0 Å². The summed E-state index contributed by atoms with van der Waals surface area (Å²) >= 11 is 11.5. The highest BCUT2D eigenvalue weighted by Gasteiger charge is 2.19. The van der Waals surface area contributed by atoms with Crippen LogP contribution in [0.4, 0.5) is 0 Å². The molecule has 0 bridgehead atoms. The van der Waals surface area contributed by atoms with Gasteiger partial charge in [0, 0.05) is 0 Å². The fourth-order valence-corrected chi connectivity index (χ4v) is 2.32. The van der Waals surface area contributed by atoms with Crippen molar-refractivity contribution in [2.75, 3.05) is 13.2 Å². The summed E-state index contributed by atoms with van der Waals surface area (Å²) in [4.78, 5) is 0. The minimum absolute atomic E-state index is 0.135. The molecule has 0 saturated carbocycles. The Bertz CT molecular complexity index is 172. The van der Waals surface area contributed by atoms with Gasteiger partial charge in [-0.25, -0.2) is 0 Å². The van der Waals surface area contributed by atoms with Crippen LogP contribution >= 0.6 is 31.8 Å². The van der Waals surface area contributed by atoms with Crippen LogP contribution < -0.4 is 0 Å². The lowest BCUT2D eigenvalue weighted by Crippen LogP contribution is -2.13. The van der Waals surface area contributed by atoms with Crippen LogP contribution in [0.25, 0.3) is 0 Å². The van der Waals surface area contributed by atoms with Crippen molar-refractivity contribution in [1.29, 1.82) is 0 Å². The second-order valence-electron chi connectivity index (χ2n) is 3.73. The third kappa shape index (κ3) is 11.7. The number of hydrogen-bond donors (Lipinski definition) is 1. The normalized spacial score (nSPS) is 18.7. The van der Waals surface area contributed by atoms with Crippen LogP contribution in [0.2, 0.25) is 0 Å². The Kier molecular flexibility index (Phi) is 11.3. The Morgan fingerprint density at radius 3 is 1.94 bits per heavy atom. The summed E-state index contributed by atoms with van der Waals surface area (Å²) in [7, 11) is -1.60. The van der Waals surface area contributed by atoms with Gasteiger partial charge in [-0.15, -0.1) is 23.2 Å². The van der Waals surface area contributed by atoms with Gasteiger partial charge in [0.1, 0.15) is 0 Å². The monoisotopic (exact) mass is 306 g/mol. The Morgan fingerprint density at radius 2 is 1.59 bits per heavy atom. The number of hydrogen-bond acceptors (Lipinski definition) is 4. The van der Waals surface area contributed by atoms with Crippen molar-refractivity contribution in [3.05, 3.63) is 0 Å². The molecule has 0 amide bonds. The van der Waals surface area contributed by atoms with E-state index in [4.69, 9.17) is 36.8 Å². The number of alkyl halides is 2. The lowest BCUT2D eigenvalue weighted by Gasteiger charge is -2.20. The first kappa shape index (κ1) is 17.8. The average Bonchev–Trinajstić information content (AvgIpc) is 2.22. The molecule has 104 valence electrons. The Morgan fingerprint density at radius 1 is 1.12 bits per heavy atom. The number of rotatable bonds is 10. The quantitative estimate of drug-likeness (QED) is 0.380. The topological polar surface area (TPSA) is 47.9 Å². The molecule has 1 N–H and O–H groups in total. The van der Waals surface area contributed by atoms with Crippen LogP contribution in [0, 0.1) is 0 Å². The molecule has 0 rings (SSSR count). The van der Waals surface area contributed by atoms with E-state index in [1.165, 1.54) is 0 Å². The van der Waals surface area contributed by atoms with Crippen molar-refractivity contribution in [2.45, 2.75) is 50.7 Å². The number of aliphatic hydroxyl groups is 1. The summed E-state index contributed by atoms with van der Waals surface area (Å²) in [5, 5.41) is 9.25. The molecule has 4 nitrogen and oxygen atoms in total. The van der Waals surface area contributed by atoms with Gasteiger partial charge in [0.15, 0.2) is 6.29 Å². The average molecular weight is 307 g/mol. The molecule has 0 saturated heterocycles. The predicted molar refractivity (Wildman–Crippen MR) is 71.5 cm³/mol. The van der Waals surface area contributed by atoms with Crippen LogP contribution in [0.1, 0.15) is 33.6 Å². The molecule has 0 aliphatic carbocycles. The van der Waals surface area contributed by atoms with Crippen LogP contribution in [0.15, 0.2) is 0 Å². The smallest absolute Gasteiger partial charge is 0.335 e. The molecule has 0 aliphatic heterocycles.